The molecule has 4 rings (SSSR count). The summed E-state index contributed by atoms with van der Waals surface area (Å²) in [4.78, 5) is 26.5. The molecule has 3 aromatic rings. The van der Waals surface area contributed by atoms with Crippen LogP contribution in [0.3, 0.4) is 0 Å². The average molecular weight is 596 g/mol. The summed E-state index contributed by atoms with van der Waals surface area (Å²) in [6.45, 7) is -1.94. The van der Waals surface area contributed by atoms with Crippen LogP contribution >= 0.6 is 11.6 Å². The van der Waals surface area contributed by atoms with Gasteiger partial charge in [0.2, 0.25) is 5.91 Å². The zero-order valence-corrected chi connectivity index (χ0v) is 22.2. The molecule has 0 aliphatic carbocycles. The van der Waals surface area contributed by atoms with Gasteiger partial charge in [0.1, 0.15) is 12.3 Å². The van der Waals surface area contributed by atoms with Gasteiger partial charge in [0.05, 0.1) is 24.4 Å². The zero-order valence-electron chi connectivity index (χ0n) is 21.4. The fourth-order valence-electron chi connectivity index (χ4n) is 4.41. The fraction of sp³-hybridized carbons (Fsp3) is 0.250. The first kappa shape index (κ1) is 29.8. The molecule has 1 N–H and O–H groups in total. The van der Waals surface area contributed by atoms with Crippen LogP contribution in [0.15, 0.2) is 77.9 Å². The molecule has 3 aromatic carbocycles. The number of halogens is 6. The molecule has 1 aliphatic rings. The molecule has 0 saturated carbocycles. The van der Waals surface area contributed by atoms with E-state index in [1.807, 2.05) is 0 Å². The number of hydrazone groups is 1. The van der Waals surface area contributed by atoms with Crippen molar-refractivity contribution < 1.29 is 41.0 Å². The third kappa shape index (κ3) is 6.76. The predicted molar refractivity (Wildman–Crippen MR) is 141 cm³/mol. The molecule has 1 atom stereocenters. The molecular formula is C28H23ClF5N3O4. The van der Waals surface area contributed by atoms with Crippen LogP contribution in [0, 0.1) is 0 Å². The molecule has 1 unspecified atom stereocenters. The summed E-state index contributed by atoms with van der Waals surface area (Å²) in [7, 11) is 0. The first-order valence-electron chi connectivity index (χ1n) is 12.2. The molecule has 0 aromatic heterocycles. The highest BCUT2D eigenvalue weighted by Gasteiger charge is 2.52. The Morgan fingerprint density at radius 2 is 1.66 bits per heavy atom. The molecule has 1 aliphatic heterocycles. The first-order chi connectivity index (χ1) is 19.4. The minimum atomic E-state index is -4.52. The lowest BCUT2D eigenvalue weighted by Gasteiger charge is -2.29. The highest BCUT2D eigenvalue weighted by atomic mass is 35.5. The molecule has 0 radical (unpaired) electrons. The minimum absolute atomic E-state index is 0.0233. The number of ether oxygens (including phenoxy) is 2. The standard InChI is InChI=1S/C28H23ClF5N3O4/c1-2-40-25(39)27(18-7-13-22(14-8-18)41-26(30)31)16-37(36-24(27)17-3-9-20(29)10-4-17)15-23(38)35-21-11-5-19(6-12-21)28(32,33)34/h3-14,26H,2,15-16H2,1H3,(H,35,38). The van der Waals surface area contributed by atoms with Gasteiger partial charge in [-0.1, -0.05) is 35.9 Å². The molecular weight excluding hydrogens is 573 g/mol. The van der Waals surface area contributed by atoms with Gasteiger partial charge in [-0.05, 0) is 66.6 Å². The second kappa shape index (κ2) is 12.1. The highest BCUT2D eigenvalue weighted by molar-refractivity contribution is 6.31. The number of nitrogens with one attached hydrogen (secondary N) is 1. The van der Waals surface area contributed by atoms with E-state index in [2.05, 4.69) is 15.2 Å². The second-order valence-corrected chi connectivity index (χ2v) is 9.37. The van der Waals surface area contributed by atoms with Gasteiger partial charge in [-0.15, -0.1) is 0 Å². The third-order valence-electron chi connectivity index (χ3n) is 6.20. The second-order valence-electron chi connectivity index (χ2n) is 8.93. The number of esters is 1. The largest absolute Gasteiger partial charge is 0.465 e. The maximum Gasteiger partial charge on any atom is 0.416 e. The minimum Gasteiger partial charge on any atom is -0.465 e. The summed E-state index contributed by atoms with van der Waals surface area (Å²) < 4.78 is 73.9. The summed E-state index contributed by atoms with van der Waals surface area (Å²) in [5.41, 5.74) is -1.26. The van der Waals surface area contributed by atoms with Gasteiger partial charge >= 0.3 is 18.8 Å². The lowest BCUT2D eigenvalue weighted by molar-refractivity contribution is -0.147. The number of amides is 1. The highest BCUT2D eigenvalue weighted by Crippen LogP contribution is 2.38. The summed E-state index contributed by atoms with van der Waals surface area (Å²) >= 11 is 6.05. The van der Waals surface area contributed by atoms with Gasteiger partial charge in [-0.3, -0.25) is 14.6 Å². The van der Waals surface area contributed by atoms with Crippen LogP contribution in [-0.4, -0.2) is 48.9 Å². The van der Waals surface area contributed by atoms with E-state index < -0.39 is 35.6 Å². The average Bonchev–Trinajstić information content (AvgIpc) is 3.29. The number of rotatable bonds is 9. The van der Waals surface area contributed by atoms with E-state index in [1.165, 1.54) is 29.3 Å². The third-order valence-corrected chi connectivity index (χ3v) is 6.45. The van der Waals surface area contributed by atoms with Crippen molar-refractivity contribution in [1.82, 2.24) is 5.01 Å². The number of benzene rings is 3. The van der Waals surface area contributed by atoms with Gasteiger partial charge in [0.15, 0.2) is 5.41 Å². The Labute approximate surface area is 236 Å². The molecule has 1 amide bonds. The molecule has 0 bridgehead atoms. The molecule has 1 heterocycles. The predicted octanol–water partition coefficient (Wildman–Crippen LogP) is 6.12. The van der Waals surface area contributed by atoms with Crippen molar-refractivity contribution in [3.8, 4) is 5.75 Å². The van der Waals surface area contributed by atoms with E-state index in [1.54, 1.807) is 31.2 Å². The van der Waals surface area contributed by atoms with E-state index in [9.17, 15) is 31.5 Å². The number of hydrogen-bond donors (Lipinski definition) is 1. The topological polar surface area (TPSA) is 80.2 Å². The van der Waals surface area contributed by atoms with Gasteiger partial charge in [-0.2, -0.15) is 27.1 Å². The number of nitrogens with zero attached hydrogens (tertiary/aromatic N) is 2. The maximum atomic E-state index is 13.6. The maximum absolute atomic E-state index is 13.6. The Bertz CT molecular complexity index is 1410. The number of alkyl halides is 5. The van der Waals surface area contributed by atoms with E-state index in [4.69, 9.17) is 16.3 Å². The molecule has 0 spiro atoms. The molecule has 13 heteroatoms. The molecule has 0 saturated heterocycles. The van der Waals surface area contributed by atoms with Crippen molar-refractivity contribution in [2.45, 2.75) is 25.1 Å². The van der Waals surface area contributed by atoms with E-state index in [-0.39, 0.29) is 36.8 Å². The lowest BCUT2D eigenvalue weighted by Crippen LogP contribution is -2.48. The Kier molecular flexibility index (Phi) is 8.81. The van der Waals surface area contributed by atoms with Crippen molar-refractivity contribution in [1.29, 1.82) is 0 Å². The molecule has 7 nitrogen and oxygen atoms in total. The van der Waals surface area contributed by atoms with Crippen molar-refractivity contribution in [3.05, 3.63) is 94.5 Å². The lowest BCUT2D eigenvalue weighted by atomic mass is 9.74. The Balaban J connectivity index is 1.68. The van der Waals surface area contributed by atoms with Crippen LogP contribution in [0.4, 0.5) is 27.6 Å². The molecule has 41 heavy (non-hydrogen) atoms. The van der Waals surface area contributed by atoms with Crippen LogP contribution in [0.5, 0.6) is 5.75 Å². The van der Waals surface area contributed by atoms with Crippen LogP contribution in [0.2, 0.25) is 5.02 Å². The van der Waals surface area contributed by atoms with E-state index in [0.717, 1.165) is 24.3 Å². The number of anilines is 1. The summed E-state index contributed by atoms with van der Waals surface area (Å²) in [6, 6.07) is 15.8. The number of carbonyl (C=O) groups excluding carboxylic acids is 2. The van der Waals surface area contributed by atoms with Crippen molar-refractivity contribution in [3.63, 3.8) is 0 Å². The number of hydrogen-bond acceptors (Lipinski definition) is 6. The van der Waals surface area contributed by atoms with Crippen LogP contribution in [0.25, 0.3) is 0 Å². The Hall–Kier alpha value is -4.19. The SMILES string of the molecule is CCOC(=O)C1(c2ccc(OC(F)F)cc2)CN(CC(=O)Nc2ccc(C(F)(F)F)cc2)N=C1c1ccc(Cl)cc1. The van der Waals surface area contributed by atoms with Gasteiger partial charge < -0.3 is 14.8 Å². The van der Waals surface area contributed by atoms with Crippen LogP contribution in [-0.2, 0) is 25.9 Å². The van der Waals surface area contributed by atoms with Gasteiger partial charge in [-0.25, -0.2) is 0 Å². The monoisotopic (exact) mass is 595 g/mol. The summed E-state index contributed by atoms with van der Waals surface area (Å²) in [5, 5.41) is 8.83. The first-order valence-corrected chi connectivity index (χ1v) is 12.6. The Morgan fingerprint density at radius 3 is 2.22 bits per heavy atom. The zero-order chi connectivity index (χ0) is 29.8. The van der Waals surface area contributed by atoms with E-state index in [0.29, 0.717) is 16.1 Å². The van der Waals surface area contributed by atoms with Crippen LogP contribution < -0.4 is 10.1 Å². The normalized spacial score (nSPS) is 16.9. The van der Waals surface area contributed by atoms with Gasteiger partial charge in [0.25, 0.3) is 0 Å². The quantitative estimate of drug-likeness (QED) is 0.238. The molecule has 0 fully saturated rings. The smallest absolute Gasteiger partial charge is 0.416 e. The summed E-state index contributed by atoms with van der Waals surface area (Å²) in [5.74, 6) is -1.43. The fourth-order valence-corrected chi connectivity index (χ4v) is 4.53. The van der Waals surface area contributed by atoms with Crippen LogP contribution in [0.1, 0.15) is 23.6 Å². The summed E-state index contributed by atoms with van der Waals surface area (Å²) in [6.07, 6.45) is -4.52. The van der Waals surface area contributed by atoms with Crippen molar-refractivity contribution in [2.24, 2.45) is 5.10 Å². The number of carbonyl (C=O) groups is 2. The van der Waals surface area contributed by atoms with Crippen molar-refractivity contribution >= 4 is 34.9 Å². The molecule has 216 valence electrons. The van der Waals surface area contributed by atoms with Gasteiger partial charge in [0, 0.05) is 10.7 Å². The van der Waals surface area contributed by atoms with Crippen molar-refractivity contribution in [2.75, 3.05) is 25.0 Å². The Morgan fingerprint density at radius 1 is 1.02 bits per heavy atom. The van der Waals surface area contributed by atoms with E-state index >= 15 is 0 Å².